The lowest BCUT2D eigenvalue weighted by molar-refractivity contribution is -0.117. The van der Waals surface area contributed by atoms with Crippen LogP contribution in [0.5, 0.6) is 0 Å². The molecule has 370 valence electrons. The highest BCUT2D eigenvalue weighted by molar-refractivity contribution is 6.23. The number of nitrogens with one attached hydrogen (secondary N) is 3. The average Bonchev–Trinajstić information content (AvgIpc) is 4.11. The topological polar surface area (TPSA) is 159 Å². The molecule has 13 rings (SSSR count). The molecule has 0 aliphatic heterocycles. The van der Waals surface area contributed by atoms with Crippen LogP contribution in [-0.4, -0.2) is 61.9 Å². The summed E-state index contributed by atoms with van der Waals surface area (Å²) < 4.78 is 0. The summed E-state index contributed by atoms with van der Waals surface area (Å²) >= 11 is 0. The Morgan fingerprint density at radius 2 is 0.789 bits per heavy atom. The zero-order valence-corrected chi connectivity index (χ0v) is 41.2. The lowest BCUT2D eigenvalue weighted by Crippen LogP contribution is -2.43. The van der Waals surface area contributed by atoms with Crippen LogP contribution in [-0.2, 0) is 4.79 Å². The molecule has 0 unspecified atom stereocenters. The fourth-order valence-corrected chi connectivity index (χ4v) is 11.0. The van der Waals surface area contributed by atoms with Gasteiger partial charge in [0.2, 0.25) is 0 Å². The van der Waals surface area contributed by atoms with Crippen LogP contribution in [0, 0.1) is 0 Å². The van der Waals surface area contributed by atoms with Gasteiger partial charge >= 0.3 is 0 Å². The largest absolute Gasteiger partial charge is 0.351 e. The number of benzene rings is 6. The summed E-state index contributed by atoms with van der Waals surface area (Å²) in [5.41, 5.74) is 2.72. The minimum atomic E-state index is -0.372. The zero-order valence-electron chi connectivity index (χ0n) is 41.2. The van der Waals surface area contributed by atoms with E-state index in [0.717, 1.165) is 32.7 Å². The highest BCUT2D eigenvalue weighted by atomic mass is 16.2. The normalized spacial score (nSPS) is 16.6. The van der Waals surface area contributed by atoms with Gasteiger partial charge in [0.25, 0.3) is 17.7 Å². The molecule has 11 nitrogen and oxygen atoms in total. The molecule has 3 N–H and O–H groups in total. The molecule has 0 radical (unpaired) electrons. The maximum Gasteiger partial charge on any atom is 0.251 e. The second-order valence-electron chi connectivity index (χ2n) is 19.5. The van der Waals surface area contributed by atoms with Crippen LogP contribution in [0.15, 0.2) is 212 Å². The molecule has 0 saturated carbocycles. The summed E-state index contributed by atoms with van der Waals surface area (Å²) in [6, 6.07) is 32.0. The second kappa shape index (κ2) is 19.8. The Morgan fingerprint density at radius 3 is 1.28 bits per heavy atom. The van der Waals surface area contributed by atoms with E-state index in [0.29, 0.717) is 114 Å². The fraction of sp³-hybridized carbons (Fsp3) is 0.123. The van der Waals surface area contributed by atoms with Crippen molar-refractivity contribution in [3.63, 3.8) is 0 Å². The molecule has 76 heavy (non-hydrogen) atoms. The van der Waals surface area contributed by atoms with Gasteiger partial charge in [-0.3, -0.25) is 38.5 Å². The number of rotatable bonds is 12. The predicted molar refractivity (Wildman–Crippen MR) is 307 cm³/mol. The van der Waals surface area contributed by atoms with Crippen molar-refractivity contribution in [2.45, 2.75) is 12.8 Å². The number of fused-ring (bicyclic) bond motifs is 18. The Hall–Kier alpha value is -9.45. The maximum atomic E-state index is 13.9. The Kier molecular flexibility index (Phi) is 12.4. The van der Waals surface area contributed by atoms with Crippen LogP contribution in [0.3, 0.4) is 0 Å². The minimum absolute atomic E-state index is 0.0770. The van der Waals surface area contributed by atoms with E-state index in [1.54, 1.807) is 72.8 Å². The number of hydrogen-bond donors (Lipinski definition) is 3. The monoisotopic (exact) mass is 996 g/mol. The first-order chi connectivity index (χ1) is 37.1. The Morgan fingerprint density at radius 1 is 0.395 bits per heavy atom. The van der Waals surface area contributed by atoms with Gasteiger partial charge in [-0.1, -0.05) is 127 Å². The Bertz CT molecular complexity index is 4310. The molecule has 11 heteroatoms. The first-order valence-corrected chi connectivity index (χ1v) is 25.5. The van der Waals surface area contributed by atoms with Crippen molar-refractivity contribution in [1.29, 1.82) is 0 Å². The lowest BCUT2D eigenvalue weighted by Gasteiger charge is -2.23. The predicted octanol–water partition coefficient (Wildman–Crippen LogP) is 9.49. The van der Waals surface area contributed by atoms with Crippen LogP contribution < -0.4 is 37.7 Å². The smallest absolute Gasteiger partial charge is 0.251 e. The van der Waals surface area contributed by atoms with Crippen molar-refractivity contribution >= 4 is 104 Å². The molecular formula is C65H48N4O7. The van der Waals surface area contributed by atoms with Gasteiger partial charge < -0.3 is 16.0 Å². The van der Waals surface area contributed by atoms with Gasteiger partial charge in [0, 0.05) is 99.1 Å². The summed E-state index contributed by atoms with van der Waals surface area (Å²) in [6.45, 7) is 1.81. The molecule has 3 aliphatic rings. The van der Waals surface area contributed by atoms with Gasteiger partial charge in [-0.2, -0.15) is 0 Å². The lowest BCUT2D eigenvalue weighted by atomic mass is 9.87. The van der Waals surface area contributed by atoms with Gasteiger partial charge in [0.15, 0.2) is 21.7 Å². The third kappa shape index (κ3) is 8.56. The number of hydrogen-bond acceptors (Lipinski definition) is 8. The number of carbonyl (C=O) groups is 3. The summed E-state index contributed by atoms with van der Waals surface area (Å²) in [7, 11) is 0. The van der Waals surface area contributed by atoms with Crippen LogP contribution in [0.1, 0.15) is 33.6 Å². The van der Waals surface area contributed by atoms with E-state index in [1.807, 2.05) is 108 Å². The molecule has 0 spiro atoms. The van der Waals surface area contributed by atoms with Crippen molar-refractivity contribution in [2.75, 3.05) is 39.3 Å². The van der Waals surface area contributed by atoms with Crippen molar-refractivity contribution < 1.29 is 14.4 Å². The van der Waals surface area contributed by atoms with Crippen LogP contribution in [0.25, 0.3) is 86.2 Å². The van der Waals surface area contributed by atoms with Gasteiger partial charge in [0.05, 0.1) is 0 Å². The molecule has 3 amide bonds. The van der Waals surface area contributed by atoms with Gasteiger partial charge in [-0.05, 0) is 116 Å². The van der Waals surface area contributed by atoms with E-state index < -0.39 is 0 Å². The standard InChI is InChI=1S/C65H48N4O7/c70-59-47-18-12-10-16-43(47)49-34-57-51(36-55(49)59)45-22-20-39(32-53(45)61(57)72)63(74)66-24-27-69(29-26-68-65(76)42-15-9-7-5-3-1-2-4-6-8-14-38-30-41(42)31-38)28-25-67-64(75)40-21-23-46-52-37-56-50(35-58(52)62(73)54(46)33-40)44-17-11-13-19-48(44)60(56)71/h1-6,8-23,30,32-37H,7,24-29,31H2,(H,66,74)(H,67,75)(H,68,76)/b2-1-,5-3-,6-4-,14-8-,15-9?,42-41+. The highest BCUT2D eigenvalue weighted by Crippen LogP contribution is 2.34. The molecule has 0 atom stereocenters. The van der Waals surface area contributed by atoms with E-state index in [9.17, 15) is 33.6 Å². The quantitative estimate of drug-likeness (QED) is 0.109. The summed E-state index contributed by atoms with van der Waals surface area (Å²) in [5, 5.41) is 19.0. The van der Waals surface area contributed by atoms with Crippen LogP contribution in [0.2, 0.25) is 0 Å². The molecule has 3 aliphatic carbocycles. The zero-order chi connectivity index (χ0) is 52.0. The van der Waals surface area contributed by atoms with Crippen LogP contribution in [0.4, 0.5) is 0 Å². The highest BCUT2D eigenvalue weighted by Gasteiger charge is 2.22. The molecule has 0 fully saturated rings. The van der Waals surface area contributed by atoms with Crippen LogP contribution >= 0.6 is 0 Å². The molecule has 10 aromatic rings. The van der Waals surface area contributed by atoms with Crippen molar-refractivity contribution in [3.05, 3.63) is 245 Å². The van der Waals surface area contributed by atoms with Crippen molar-refractivity contribution in [2.24, 2.45) is 0 Å². The van der Waals surface area contributed by atoms with Gasteiger partial charge in [-0.25, -0.2) is 0 Å². The summed E-state index contributed by atoms with van der Waals surface area (Å²) in [5.74, 6) is -0.949. The molecule has 0 aromatic heterocycles. The third-order valence-corrected chi connectivity index (χ3v) is 14.9. The number of nitrogens with zero attached hydrogens (tertiary/aromatic N) is 1. The van der Waals surface area contributed by atoms with E-state index in [-0.39, 0.29) is 59.1 Å². The average molecular weight is 997 g/mol. The SMILES string of the molecule is O=C(NCCN(CCNC(=O)c1ccc2c(c1)c(=O)c1cc3c(cc12)c(=O)c1ccccc13)CCNC(=O)c1ccc2c(c1)c(=O)c1cc3c(cc12)c(=O)c1ccccc13)/C1=C2C=C(\C=C/C=C\C=C/C=C\CC=C1)C\2. The summed E-state index contributed by atoms with van der Waals surface area (Å²) in [4.78, 5) is 97.6. The number of amides is 3. The van der Waals surface area contributed by atoms with E-state index in [4.69, 9.17) is 0 Å². The first-order valence-electron chi connectivity index (χ1n) is 25.5. The Balaban J connectivity index is 0.751. The van der Waals surface area contributed by atoms with E-state index in [2.05, 4.69) is 16.0 Å². The number of carbonyl (C=O) groups excluding carboxylic acids is 3. The first kappa shape index (κ1) is 47.5. The van der Waals surface area contributed by atoms with E-state index >= 15 is 0 Å². The molecule has 10 aromatic carbocycles. The van der Waals surface area contributed by atoms with Gasteiger partial charge in [-0.15, -0.1) is 0 Å². The Labute approximate surface area is 434 Å². The van der Waals surface area contributed by atoms with Crippen molar-refractivity contribution in [3.8, 4) is 0 Å². The third-order valence-electron chi connectivity index (χ3n) is 14.9. The maximum absolute atomic E-state index is 13.9. The van der Waals surface area contributed by atoms with E-state index in [1.165, 1.54) is 0 Å². The fourth-order valence-electron chi connectivity index (χ4n) is 11.0. The molecule has 0 heterocycles. The second-order valence-corrected chi connectivity index (χ2v) is 19.5. The number of allylic oxidation sites excluding steroid dienone is 12. The summed E-state index contributed by atoms with van der Waals surface area (Å²) in [6.07, 6.45) is 23.0. The molecule has 2 bridgehead atoms. The minimum Gasteiger partial charge on any atom is -0.351 e. The molecule has 0 saturated heterocycles. The van der Waals surface area contributed by atoms with Crippen molar-refractivity contribution in [1.82, 2.24) is 20.9 Å². The van der Waals surface area contributed by atoms with Gasteiger partial charge in [0.1, 0.15) is 0 Å². The molecular weight excluding hydrogens is 949 g/mol.